The van der Waals surface area contributed by atoms with Gasteiger partial charge in [-0.15, -0.1) is 0 Å². The highest BCUT2D eigenvalue weighted by molar-refractivity contribution is 9.10. The monoisotopic (exact) mass is 1070 g/mol. The van der Waals surface area contributed by atoms with E-state index in [2.05, 4.69) is 52.3 Å². The molecule has 0 aromatic heterocycles. The van der Waals surface area contributed by atoms with Crippen LogP contribution in [0.2, 0.25) is 0 Å². The van der Waals surface area contributed by atoms with Gasteiger partial charge in [-0.25, -0.2) is 0 Å². The van der Waals surface area contributed by atoms with Gasteiger partial charge >= 0.3 is 0 Å². The van der Waals surface area contributed by atoms with E-state index in [0.717, 1.165) is 37.9 Å². The predicted molar refractivity (Wildman–Crippen MR) is 300 cm³/mol. The summed E-state index contributed by atoms with van der Waals surface area (Å²) in [6.07, 6.45) is 3.25. The average Bonchev–Trinajstić information content (AvgIpc) is 3.45. The molecular formula is C67H59BrO8. The third-order valence-corrected chi connectivity index (χ3v) is 16.1. The number of ether oxygens (including phenoxy) is 2. The zero-order chi connectivity index (χ0) is 52.3. The molecule has 76 heavy (non-hydrogen) atoms. The highest BCUT2D eigenvalue weighted by Gasteiger charge is 2.36. The maximum atomic E-state index is 12.6. The third kappa shape index (κ3) is 10.6. The first-order valence-corrected chi connectivity index (χ1v) is 26.9. The summed E-state index contributed by atoms with van der Waals surface area (Å²) >= 11 is 3.58. The number of hydrogen-bond donors (Lipinski definition) is 6. The Morgan fingerprint density at radius 1 is 0.303 bits per heavy atom. The molecule has 2 aliphatic rings. The second kappa shape index (κ2) is 22.0. The molecule has 0 amide bonds. The standard InChI is InChI=1S/C67H59BrO8/c68-46-27-25-45(26-28-46)67-75-65-39-63(73)55-35-57(65)50(32-24-44-19-11-4-12-20-44)58-36-56(64(74)40-66(58)76-67)49(31-23-43-17-9-3-10-18-43)54-34-52(60(70)38-62(54)72)47(29-21-41-13-5-1-6-14-41)51-33-53(61(71)37-59(51)69)48(55)30-22-42-15-7-2-8-16-42/h1-20,25-28,33-40,47-50,67,69-74H,21-24,29-32H2. The van der Waals surface area contributed by atoms with Gasteiger partial charge in [0.2, 0.25) is 0 Å². The normalized spacial score (nSPS) is 17.6. The van der Waals surface area contributed by atoms with Crippen LogP contribution >= 0.6 is 15.9 Å². The third-order valence-electron chi connectivity index (χ3n) is 15.5. The molecule has 9 aromatic carbocycles. The van der Waals surface area contributed by atoms with Crippen LogP contribution in [0.3, 0.4) is 0 Å². The maximum absolute atomic E-state index is 12.6. The molecule has 9 aromatic rings. The summed E-state index contributed by atoms with van der Waals surface area (Å²) in [5, 5.41) is 74.1. The number of hydrogen-bond acceptors (Lipinski definition) is 8. The zero-order valence-corrected chi connectivity index (χ0v) is 43.5. The lowest BCUT2D eigenvalue weighted by atomic mass is 9.76. The van der Waals surface area contributed by atoms with Gasteiger partial charge in [-0.1, -0.05) is 149 Å². The summed E-state index contributed by atoms with van der Waals surface area (Å²) in [6.45, 7) is 0. The van der Waals surface area contributed by atoms with E-state index in [-0.39, 0.29) is 34.5 Å². The SMILES string of the molecule is Oc1cc(O)c2cc1C(CCc1ccccc1)c1cc(c(O)cc1O)C(CCc1ccccc1)c1cc3c(cc1O)OC(c1ccc(Br)cc1)Oc1cc(O)c(cc1C3CCc1ccccc1)C2CCc1ccccc1. The second-order valence-electron chi connectivity index (χ2n) is 20.3. The van der Waals surface area contributed by atoms with Crippen LogP contribution < -0.4 is 9.47 Å². The number of rotatable bonds is 13. The fourth-order valence-corrected chi connectivity index (χ4v) is 11.9. The fourth-order valence-electron chi connectivity index (χ4n) is 11.6. The number of benzene rings is 9. The van der Waals surface area contributed by atoms with Crippen molar-refractivity contribution in [1.82, 2.24) is 0 Å². The van der Waals surface area contributed by atoms with Crippen LogP contribution in [-0.2, 0) is 25.7 Å². The van der Waals surface area contributed by atoms with Gasteiger partial charge in [-0.3, -0.25) is 0 Å². The summed E-state index contributed by atoms with van der Waals surface area (Å²) in [7, 11) is 0. The Bertz CT molecular complexity index is 3310. The second-order valence-corrected chi connectivity index (χ2v) is 21.2. The Labute approximate surface area is 451 Å². The maximum Gasteiger partial charge on any atom is 0.267 e. The molecule has 1 aliphatic heterocycles. The smallest absolute Gasteiger partial charge is 0.267 e. The lowest BCUT2D eigenvalue weighted by molar-refractivity contribution is -0.000627. The average molecular weight is 1070 g/mol. The highest BCUT2D eigenvalue weighted by atomic mass is 79.9. The molecule has 382 valence electrons. The predicted octanol–water partition coefficient (Wildman–Crippen LogP) is 15.5. The first-order chi connectivity index (χ1) is 37.0. The van der Waals surface area contributed by atoms with Crippen molar-refractivity contribution in [2.45, 2.75) is 81.3 Å². The summed E-state index contributed by atoms with van der Waals surface area (Å²) in [5.74, 6) is -2.26. The number of halogens is 1. The molecule has 1 heterocycles. The van der Waals surface area contributed by atoms with E-state index in [1.54, 1.807) is 12.1 Å². The van der Waals surface area contributed by atoms with Gasteiger partial charge in [0.15, 0.2) is 0 Å². The van der Waals surface area contributed by atoms with E-state index < -0.39 is 30.0 Å². The molecule has 0 radical (unpaired) electrons. The number of fused-ring (bicyclic) bond motifs is 6. The molecule has 11 rings (SSSR count). The van der Waals surface area contributed by atoms with E-state index in [1.165, 1.54) is 12.1 Å². The number of phenolic OH excluding ortho intramolecular Hbond substituents is 6. The van der Waals surface area contributed by atoms with Crippen molar-refractivity contribution >= 4 is 15.9 Å². The molecule has 0 fully saturated rings. The Hall–Kier alpha value is -8.14. The largest absolute Gasteiger partial charge is 0.508 e. The fraction of sp³-hybridized carbons (Fsp3) is 0.194. The van der Waals surface area contributed by atoms with Gasteiger partial charge in [0, 0.05) is 102 Å². The van der Waals surface area contributed by atoms with E-state index in [9.17, 15) is 30.6 Å². The summed E-state index contributed by atoms with van der Waals surface area (Å²) in [5.41, 5.74) is 9.59. The summed E-state index contributed by atoms with van der Waals surface area (Å²) in [6, 6.07) is 61.9. The molecule has 1 aliphatic carbocycles. The van der Waals surface area contributed by atoms with Crippen LogP contribution in [0.4, 0.5) is 0 Å². The zero-order valence-electron chi connectivity index (χ0n) is 41.9. The first kappa shape index (κ1) is 50.0. The molecule has 2 atom stereocenters. The van der Waals surface area contributed by atoms with E-state index in [4.69, 9.17) is 9.47 Å². The lowest BCUT2D eigenvalue weighted by Crippen LogP contribution is -2.21. The Morgan fingerprint density at radius 3 is 0.868 bits per heavy atom. The van der Waals surface area contributed by atoms with Crippen molar-refractivity contribution in [2.75, 3.05) is 0 Å². The van der Waals surface area contributed by atoms with Gasteiger partial charge < -0.3 is 40.1 Å². The molecule has 2 unspecified atom stereocenters. The van der Waals surface area contributed by atoms with Crippen LogP contribution in [0.25, 0.3) is 0 Å². The molecule has 6 N–H and O–H groups in total. The molecule has 8 bridgehead atoms. The van der Waals surface area contributed by atoms with E-state index >= 15 is 0 Å². The van der Waals surface area contributed by atoms with Crippen molar-refractivity contribution in [1.29, 1.82) is 0 Å². The Balaban J connectivity index is 1.21. The molecule has 8 nitrogen and oxygen atoms in total. The molecular weight excluding hydrogens is 1010 g/mol. The van der Waals surface area contributed by atoms with Crippen molar-refractivity contribution < 1.29 is 40.1 Å². The molecule has 0 spiro atoms. The molecule has 0 saturated carbocycles. The van der Waals surface area contributed by atoms with Crippen molar-refractivity contribution in [3.8, 4) is 46.0 Å². The Kier molecular flexibility index (Phi) is 14.5. The topological polar surface area (TPSA) is 140 Å². The number of aryl methyl sites for hydroxylation is 4. The first-order valence-electron chi connectivity index (χ1n) is 26.1. The van der Waals surface area contributed by atoms with Gasteiger partial charge in [-0.05, 0) is 110 Å². The van der Waals surface area contributed by atoms with Gasteiger partial charge in [0.05, 0.1) is 0 Å². The number of aromatic hydroxyl groups is 6. The van der Waals surface area contributed by atoms with Crippen molar-refractivity contribution in [3.63, 3.8) is 0 Å². The summed E-state index contributed by atoms with van der Waals surface area (Å²) < 4.78 is 14.8. The van der Waals surface area contributed by atoms with Crippen LogP contribution in [0.1, 0.15) is 128 Å². The van der Waals surface area contributed by atoms with E-state index in [1.807, 2.05) is 133 Å². The highest BCUT2D eigenvalue weighted by Crippen LogP contribution is 2.54. The van der Waals surface area contributed by atoms with Crippen LogP contribution in [0.15, 0.2) is 199 Å². The van der Waals surface area contributed by atoms with Gasteiger partial charge in [0.1, 0.15) is 46.0 Å². The van der Waals surface area contributed by atoms with Crippen LogP contribution in [-0.4, -0.2) is 30.6 Å². The molecule has 9 heteroatoms. The summed E-state index contributed by atoms with van der Waals surface area (Å²) in [4.78, 5) is 0. The minimum Gasteiger partial charge on any atom is -0.508 e. The lowest BCUT2D eigenvalue weighted by Gasteiger charge is -2.34. The van der Waals surface area contributed by atoms with Crippen LogP contribution in [0.5, 0.6) is 46.0 Å². The minimum absolute atomic E-state index is 0.0436. The number of phenols is 6. The minimum atomic E-state index is -1.02. The quantitative estimate of drug-likeness (QED) is 0.0671. The van der Waals surface area contributed by atoms with Gasteiger partial charge in [-0.2, -0.15) is 0 Å². The Morgan fingerprint density at radius 2 is 0.566 bits per heavy atom. The van der Waals surface area contributed by atoms with Crippen molar-refractivity contribution in [3.05, 3.63) is 271 Å². The molecule has 0 saturated heterocycles. The van der Waals surface area contributed by atoms with Gasteiger partial charge in [0.25, 0.3) is 6.29 Å². The van der Waals surface area contributed by atoms with Crippen LogP contribution in [0, 0.1) is 0 Å². The van der Waals surface area contributed by atoms with Crippen molar-refractivity contribution in [2.24, 2.45) is 0 Å². The van der Waals surface area contributed by atoms with E-state index in [0.29, 0.717) is 102 Å².